The minimum atomic E-state index is 0.304. The summed E-state index contributed by atoms with van der Waals surface area (Å²) in [6, 6.07) is 11.5. The van der Waals surface area contributed by atoms with Gasteiger partial charge < -0.3 is 9.88 Å². The van der Waals surface area contributed by atoms with Gasteiger partial charge in [-0.3, -0.25) is 0 Å². The molecule has 104 valence electrons. The molecule has 3 aromatic rings. The summed E-state index contributed by atoms with van der Waals surface area (Å²) in [6.45, 7) is 2.60. The maximum absolute atomic E-state index is 8.69. The average molecular weight is 278 g/mol. The molecular formula is C15H14N6. The molecule has 0 aliphatic rings. The van der Waals surface area contributed by atoms with Crippen LogP contribution in [0.3, 0.4) is 0 Å². The molecule has 0 saturated carbocycles. The van der Waals surface area contributed by atoms with E-state index in [1.807, 2.05) is 13.1 Å². The van der Waals surface area contributed by atoms with Crippen LogP contribution >= 0.6 is 0 Å². The zero-order valence-corrected chi connectivity index (χ0v) is 11.8. The van der Waals surface area contributed by atoms with E-state index in [0.717, 1.165) is 16.9 Å². The van der Waals surface area contributed by atoms with Gasteiger partial charge in [0.25, 0.3) is 0 Å². The highest BCUT2D eigenvalue weighted by Crippen LogP contribution is 2.17. The summed E-state index contributed by atoms with van der Waals surface area (Å²) >= 11 is 0. The summed E-state index contributed by atoms with van der Waals surface area (Å²) in [7, 11) is 1.99. The highest BCUT2D eigenvalue weighted by molar-refractivity contribution is 5.76. The molecule has 0 bridgehead atoms. The summed E-state index contributed by atoms with van der Waals surface area (Å²) in [6.07, 6.45) is 0. The third-order valence-electron chi connectivity index (χ3n) is 3.34. The van der Waals surface area contributed by atoms with Crippen molar-refractivity contribution in [3.63, 3.8) is 0 Å². The van der Waals surface area contributed by atoms with Crippen molar-refractivity contribution in [2.24, 2.45) is 7.05 Å². The molecule has 6 heteroatoms. The van der Waals surface area contributed by atoms with E-state index in [-0.39, 0.29) is 0 Å². The lowest BCUT2D eigenvalue weighted by molar-refractivity contribution is 0.828. The zero-order chi connectivity index (χ0) is 14.8. The maximum Gasteiger partial charge on any atom is 0.163 e. The number of aromatic nitrogens is 4. The fourth-order valence-electron chi connectivity index (χ4n) is 2.17. The van der Waals surface area contributed by atoms with Crippen LogP contribution in [-0.4, -0.2) is 19.7 Å². The molecule has 1 N–H and O–H groups in total. The molecule has 0 saturated heterocycles. The molecule has 2 aromatic heterocycles. The topological polar surface area (TPSA) is 79.4 Å². The van der Waals surface area contributed by atoms with Gasteiger partial charge >= 0.3 is 0 Å². The van der Waals surface area contributed by atoms with E-state index in [9.17, 15) is 0 Å². The van der Waals surface area contributed by atoms with Gasteiger partial charge in [-0.15, -0.1) is 10.2 Å². The highest BCUT2D eigenvalue weighted by Gasteiger charge is 2.07. The SMILES string of the molecule is Cc1ccc2c(c1)nc(CNc1ccc(C#N)nn1)n2C. The molecule has 0 spiro atoms. The quantitative estimate of drug-likeness (QED) is 0.794. The molecule has 0 aliphatic carbocycles. The zero-order valence-electron chi connectivity index (χ0n) is 11.8. The van der Waals surface area contributed by atoms with Crippen LogP contribution in [0, 0.1) is 18.3 Å². The molecular weight excluding hydrogens is 264 g/mol. The van der Waals surface area contributed by atoms with Crippen molar-refractivity contribution in [2.45, 2.75) is 13.5 Å². The van der Waals surface area contributed by atoms with Gasteiger partial charge in [-0.2, -0.15) is 5.26 Å². The van der Waals surface area contributed by atoms with Crippen LogP contribution < -0.4 is 5.32 Å². The summed E-state index contributed by atoms with van der Waals surface area (Å²) in [5.41, 5.74) is 3.58. The first-order valence-corrected chi connectivity index (χ1v) is 6.57. The second kappa shape index (κ2) is 5.21. The fraction of sp³-hybridized carbons (Fsp3) is 0.200. The van der Waals surface area contributed by atoms with Gasteiger partial charge in [-0.1, -0.05) is 6.07 Å². The summed E-state index contributed by atoms with van der Waals surface area (Å²) in [5.74, 6) is 1.54. The lowest BCUT2D eigenvalue weighted by atomic mass is 10.2. The molecule has 6 nitrogen and oxygen atoms in total. The second-order valence-corrected chi connectivity index (χ2v) is 4.85. The van der Waals surface area contributed by atoms with Crippen LogP contribution in [0.1, 0.15) is 17.1 Å². The lowest BCUT2D eigenvalue weighted by Crippen LogP contribution is -2.07. The number of nitrogens with one attached hydrogen (secondary N) is 1. The van der Waals surface area contributed by atoms with Gasteiger partial charge in [-0.05, 0) is 36.8 Å². The summed E-state index contributed by atoms with van der Waals surface area (Å²) in [5, 5.41) is 19.6. The Kier molecular flexibility index (Phi) is 3.24. The molecule has 3 rings (SSSR count). The van der Waals surface area contributed by atoms with Crippen molar-refractivity contribution in [1.82, 2.24) is 19.7 Å². The first kappa shape index (κ1) is 13.1. The molecule has 0 amide bonds. The Bertz CT molecular complexity index is 826. The number of rotatable bonds is 3. The van der Waals surface area contributed by atoms with E-state index in [1.54, 1.807) is 12.1 Å². The van der Waals surface area contributed by atoms with Crippen LogP contribution in [0.25, 0.3) is 11.0 Å². The van der Waals surface area contributed by atoms with Crippen LogP contribution in [0.2, 0.25) is 0 Å². The number of fused-ring (bicyclic) bond motifs is 1. The van der Waals surface area contributed by atoms with Crippen molar-refractivity contribution >= 4 is 16.9 Å². The number of hydrogen-bond donors (Lipinski definition) is 1. The van der Waals surface area contributed by atoms with Crippen molar-refractivity contribution in [3.05, 3.63) is 47.4 Å². The molecule has 0 fully saturated rings. The smallest absolute Gasteiger partial charge is 0.163 e. The minimum absolute atomic E-state index is 0.304. The van der Waals surface area contributed by atoms with Crippen molar-refractivity contribution in [2.75, 3.05) is 5.32 Å². The van der Waals surface area contributed by atoms with Crippen LogP contribution in [-0.2, 0) is 13.6 Å². The highest BCUT2D eigenvalue weighted by atomic mass is 15.2. The Morgan fingerprint density at radius 1 is 1.24 bits per heavy atom. The first-order valence-electron chi connectivity index (χ1n) is 6.57. The lowest BCUT2D eigenvalue weighted by Gasteiger charge is -2.05. The van der Waals surface area contributed by atoms with Gasteiger partial charge in [0, 0.05) is 7.05 Å². The fourth-order valence-corrected chi connectivity index (χ4v) is 2.17. The average Bonchev–Trinajstić information content (AvgIpc) is 2.81. The van der Waals surface area contributed by atoms with Crippen LogP contribution in [0.4, 0.5) is 5.82 Å². The summed E-state index contributed by atoms with van der Waals surface area (Å²) < 4.78 is 2.05. The minimum Gasteiger partial charge on any atom is -0.361 e. The monoisotopic (exact) mass is 278 g/mol. The number of nitriles is 1. The van der Waals surface area contributed by atoms with Gasteiger partial charge in [-0.25, -0.2) is 4.98 Å². The van der Waals surface area contributed by atoms with Gasteiger partial charge in [0.1, 0.15) is 17.7 Å². The standard InChI is InChI=1S/C15H14N6/c1-10-3-5-13-12(7-10)18-15(21(13)2)9-17-14-6-4-11(8-16)19-20-14/h3-7H,9H2,1-2H3,(H,17,20). The van der Waals surface area contributed by atoms with E-state index in [0.29, 0.717) is 18.1 Å². The molecule has 0 unspecified atom stereocenters. The van der Waals surface area contributed by atoms with Crippen LogP contribution in [0.5, 0.6) is 0 Å². The predicted octanol–water partition coefficient (Wildman–Crippen LogP) is 2.16. The third-order valence-corrected chi connectivity index (χ3v) is 3.34. The molecule has 21 heavy (non-hydrogen) atoms. The third kappa shape index (κ3) is 2.54. The second-order valence-electron chi connectivity index (χ2n) is 4.85. The van der Waals surface area contributed by atoms with Crippen molar-refractivity contribution in [3.8, 4) is 6.07 Å². The molecule has 1 aromatic carbocycles. The Hall–Kier alpha value is -2.94. The largest absolute Gasteiger partial charge is 0.361 e. The predicted molar refractivity (Wildman–Crippen MR) is 79.5 cm³/mol. The molecule has 2 heterocycles. The Labute approximate surface area is 122 Å². The number of hydrogen-bond acceptors (Lipinski definition) is 5. The normalized spacial score (nSPS) is 10.5. The van der Waals surface area contributed by atoms with E-state index >= 15 is 0 Å². The van der Waals surface area contributed by atoms with Crippen LogP contribution in [0.15, 0.2) is 30.3 Å². The maximum atomic E-state index is 8.69. The van der Waals surface area contributed by atoms with Gasteiger partial charge in [0.05, 0.1) is 17.6 Å². The van der Waals surface area contributed by atoms with E-state index in [2.05, 4.69) is 50.2 Å². The number of nitrogens with zero attached hydrogens (tertiary/aromatic N) is 5. The van der Waals surface area contributed by atoms with E-state index in [4.69, 9.17) is 5.26 Å². The number of imidazole rings is 1. The Balaban J connectivity index is 1.81. The van der Waals surface area contributed by atoms with Crippen molar-refractivity contribution in [1.29, 1.82) is 5.26 Å². The number of aryl methyl sites for hydroxylation is 2. The van der Waals surface area contributed by atoms with E-state index in [1.165, 1.54) is 5.56 Å². The first-order chi connectivity index (χ1) is 10.2. The molecule has 0 radical (unpaired) electrons. The Morgan fingerprint density at radius 3 is 2.81 bits per heavy atom. The number of anilines is 1. The Morgan fingerprint density at radius 2 is 2.10 bits per heavy atom. The van der Waals surface area contributed by atoms with Crippen molar-refractivity contribution < 1.29 is 0 Å². The number of benzene rings is 1. The van der Waals surface area contributed by atoms with E-state index < -0.39 is 0 Å². The molecule has 0 aliphatic heterocycles. The van der Waals surface area contributed by atoms with Gasteiger partial charge in [0.2, 0.25) is 0 Å². The summed E-state index contributed by atoms with van der Waals surface area (Å²) in [4.78, 5) is 4.62. The molecule has 0 atom stereocenters. The van der Waals surface area contributed by atoms with Gasteiger partial charge in [0.15, 0.2) is 5.69 Å².